The third-order valence-corrected chi connectivity index (χ3v) is 4.21. The molecule has 7 heteroatoms. The number of hydrogen-bond acceptors (Lipinski definition) is 1. The first-order valence-electron chi connectivity index (χ1n) is 8.45. The first kappa shape index (κ1) is 21.3. The van der Waals surface area contributed by atoms with Crippen molar-refractivity contribution in [2.75, 3.05) is 13.2 Å². The van der Waals surface area contributed by atoms with Gasteiger partial charge in [0.05, 0.1) is 25.0 Å². The Hall–Kier alpha value is -2.02. The first-order valence-corrected chi connectivity index (χ1v) is 8.45. The van der Waals surface area contributed by atoms with Crippen LogP contribution < -0.4 is 0 Å². The van der Waals surface area contributed by atoms with Crippen LogP contribution in [0, 0.1) is 11.8 Å². The summed E-state index contributed by atoms with van der Waals surface area (Å²) >= 11 is 0. The SMILES string of the molecule is FC(F)(F)C(COCC(Cc1ccccc1)C(F)(F)F)Cc1ccccc1. The molecule has 0 aromatic heterocycles. The van der Waals surface area contributed by atoms with Crippen LogP contribution in [0.4, 0.5) is 26.3 Å². The van der Waals surface area contributed by atoms with Gasteiger partial charge in [-0.25, -0.2) is 0 Å². The molecule has 1 nitrogen and oxygen atoms in total. The van der Waals surface area contributed by atoms with E-state index in [9.17, 15) is 26.3 Å². The molecular weight excluding hydrogens is 370 g/mol. The van der Waals surface area contributed by atoms with Crippen LogP contribution >= 0.6 is 0 Å². The van der Waals surface area contributed by atoms with E-state index in [1.807, 2.05) is 0 Å². The van der Waals surface area contributed by atoms with Crippen molar-refractivity contribution >= 4 is 0 Å². The van der Waals surface area contributed by atoms with Gasteiger partial charge in [0.15, 0.2) is 0 Å². The van der Waals surface area contributed by atoms with Crippen LogP contribution in [0.3, 0.4) is 0 Å². The van der Waals surface area contributed by atoms with E-state index in [0.717, 1.165) is 0 Å². The molecular formula is C20H20F6O. The fourth-order valence-electron chi connectivity index (χ4n) is 2.69. The van der Waals surface area contributed by atoms with Gasteiger partial charge in [-0.15, -0.1) is 0 Å². The normalized spacial score (nSPS) is 14.7. The molecule has 0 saturated carbocycles. The lowest BCUT2D eigenvalue weighted by atomic mass is 9.98. The maximum atomic E-state index is 13.2. The predicted octanol–water partition coefficient (Wildman–Crippen LogP) is 5.85. The second-order valence-electron chi connectivity index (χ2n) is 6.39. The molecule has 0 aliphatic rings. The molecule has 2 unspecified atom stereocenters. The van der Waals surface area contributed by atoms with Crippen LogP contribution in [-0.4, -0.2) is 25.6 Å². The summed E-state index contributed by atoms with van der Waals surface area (Å²) in [6, 6.07) is 16.0. The average Bonchev–Trinajstić information content (AvgIpc) is 2.60. The van der Waals surface area contributed by atoms with Crippen molar-refractivity contribution in [3.05, 3.63) is 71.8 Å². The maximum Gasteiger partial charge on any atom is 0.394 e. The van der Waals surface area contributed by atoms with E-state index in [2.05, 4.69) is 0 Å². The Labute approximate surface area is 154 Å². The van der Waals surface area contributed by atoms with E-state index in [0.29, 0.717) is 11.1 Å². The largest absolute Gasteiger partial charge is 0.394 e. The molecule has 2 rings (SSSR count). The molecule has 0 aliphatic heterocycles. The van der Waals surface area contributed by atoms with E-state index in [4.69, 9.17) is 4.74 Å². The zero-order valence-corrected chi connectivity index (χ0v) is 14.4. The summed E-state index contributed by atoms with van der Waals surface area (Å²) in [4.78, 5) is 0. The van der Waals surface area contributed by atoms with Crippen molar-refractivity contribution in [3.63, 3.8) is 0 Å². The van der Waals surface area contributed by atoms with E-state index >= 15 is 0 Å². The highest BCUT2D eigenvalue weighted by Crippen LogP contribution is 2.32. The standard InChI is InChI=1S/C20H20F6O/c21-19(22,23)17(11-15-7-3-1-4-8-15)13-27-14-18(20(24,25)26)12-16-9-5-2-6-10-16/h1-10,17-18H,11-14H2. The zero-order chi connectivity index (χ0) is 19.9. The molecule has 0 heterocycles. The Morgan fingerprint density at radius 1 is 0.593 bits per heavy atom. The monoisotopic (exact) mass is 390 g/mol. The molecule has 2 aromatic carbocycles. The fourth-order valence-corrected chi connectivity index (χ4v) is 2.69. The summed E-state index contributed by atoms with van der Waals surface area (Å²) in [5, 5.41) is 0. The summed E-state index contributed by atoms with van der Waals surface area (Å²) < 4.78 is 84.2. The average molecular weight is 390 g/mol. The smallest absolute Gasteiger partial charge is 0.380 e. The van der Waals surface area contributed by atoms with Crippen molar-refractivity contribution in [2.24, 2.45) is 11.8 Å². The summed E-state index contributed by atoms with van der Waals surface area (Å²) in [5.41, 5.74) is 0.917. The minimum Gasteiger partial charge on any atom is -0.380 e. The molecule has 0 bridgehead atoms. The van der Waals surface area contributed by atoms with Gasteiger partial charge in [-0.2, -0.15) is 26.3 Å². The lowest BCUT2D eigenvalue weighted by molar-refractivity contribution is -0.206. The van der Waals surface area contributed by atoms with Gasteiger partial charge in [-0.05, 0) is 24.0 Å². The summed E-state index contributed by atoms with van der Waals surface area (Å²) in [6.45, 7) is -1.61. The lowest BCUT2D eigenvalue weighted by Gasteiger charge is -2.24. The van der Waals surface area contributed by atoms with Gasteiger partial charge < -0.3 is 4.74 Å². The Balaban J connectivity index is 1.97. The zero-order valence-electron chi connectivity index (χ0n) is 14.4. The number of halogens is 6. The molecule has 0 N–H and O–H groups in total. The highest BCUT2D eigenvalue weighted by molar-refractivity contribution is 5.16. The Morgan fingerprint density at radius 3 is 1.22 bits per heavy atom. The molecule has 2 atom stereocenters. The predicted molar refractivity (Wildman–Crippen MR) is 90.2 cm³/mol. The summed E-state index contributed by atoms with van der Waals surface area (Å²) in [7, 11) is 0. The third kappa shape index (κ3) is 7.25. The molecule has 0 fully saturated rings. The first-order chi connectivity index (χ1) is 12.7. The molecule has 0 saturated heterocycles. The molecule has 0 spiro atoms. The van der Waals surface area contributed by atoms with E-state index < -0.39 is 37.4 Å². The van der Waals surface area contributed by atoms with Crippen molar-refractivity contribution in [1.29, 1.82) is 0 Å². The van der Waals surface area contributed by atoms with Gasteiger partial charge in [0.25, 0.3) is 0 Å². The minimum atomic E-state index is -4.55. The van der Waals surface area contributed by atoms with Crippen molar-refractivity contribution < 1.29 is 31.1 Å². The van der Waals surface area contributed by atoms with E-state index in [1.165, 1.54) is 0 Å². The van der Waals surface area contributed by atoms with Crippen molar-refractivity contribution in [3.8, 4) is 0 Å². The Bertz CT molecular complexity index is 607. The fraction of sp³-hybridized carbons (Fsp3) is 0.400. The number of alkyl halides is 6. The van der Waals surface area contributed by atoms with Crippen LogP contribution in [0.15, 0.2) is 60.7 Å². The highest BCUT2D eigenvalue weighted by Gasteiger charge is 2.42. The number of rotatable bonds is 8. The second-order valence-corrected chi connectivity index (χ2v) is 6.39. The second kappa shape index (κ2) is 9.26. The van der Waals surface area contributed by atoms with Crippen molar-refractivity contribution in [2.45, 2.75) is 25.2 Å². The van der Waals surface area contributed by atoms with Crippen LogP contribution in [0.2, 0.25) is 0 Å². The van der Waals surface area contributed by atoms with Crippen LogP contribution in [0.1, 0.15) is 11.1 Å². The van der Waals surface area contributed by atoms with Gasteiger partial charge in [0, 0.05) is 0 Å². The maximum absolute atomic E-state index is 13.2. The highest BCUT2D eigenvalue weighted by atomic mass is 19.4. The van der Waals surface area contributed by atoms with E-state index in [-0.39, 0.29) is 12.8 Å². The molecule has 148 valence electrons. The van der Waals surface area contributed by atoms with Gasteiger partial charge in [-0.3, -0.25) is 0 Å². The Morgan fingerprint density at radius 2 is 0.926 bits per heavy atom. The lowest BCUT2D eigenvalue weighted by Crippen LogP contribution is -2.33. The molecule has 27 heavy (non-hydrogen) atoms. The molecule has 0 amide bonds. The Kier molecular flexibility index (Phi) is 7.30. The third-order valence-electron chi connectivity index (χ3n) is 4.21. The topological polar surface area (TPSA) is 9.23 Å². The van der Waals surface area contributed by atoms with Gasteiger partial charge in [-0.1, -0.05) is 60.7 Å². The molecule has 0 radical (unpaired) electrons. The summed E-state index contributed by atoms with van der Waals surface area (Å²) in [5.74, 6) is -3.71. The number of ether oxygens (including phenoxy) is 1. The number of hydrogen-bond donors (Lipinski definition) is 0. The van der Waals surface area contributed by atoms with Crippen LogP contribution in [0.25, 0.3) is 0 Å². The van der Waals surface area contributed by atoms with Crippen LogP contribution in [0.5, 0.6) is 0 Å². The van der Waals surface area contributed by atoms with Gasteiger partial charge in [0.1, 0.15) is 0 Å². The number of benzene rings is 2. The van der Waals surface area contributed by atoms with Gasteiger partial charge >= 0.3 is 12.4 Å². The quantitative estimate of drug-likeness (QED) is 0.514. The summed E-state index contributed by atoms with van der Waals surface area (Å²) in [6.07, 6.45) is -9.77. The molecule has 2 aromatic rings. The molecule has 0 aliphatic carbocycles. The van der Waals surface area contributed by atoms with Crippen LogP contribution in [-0.2, 0) is 17.6 Å². The minimum absolute atomic E-state index is 0.334. The van der Waals surface area contributed by atoms with E-state index in [1.54, 1.807) is 60.7 Å². The van der Waals surface area contributed by atoms with Crippen molar-refractivity contribution in [1.82, 2.24) is 0 Å². The van der Waals surface area contributed by atoms with Gasteiger partial charge in [0.2, 0.25) is 0 Å².